The van der Waals surface area contributed by atoms with Crippen LogP contribution >= 0.6 is 0 Å². The van der Waals surface area contributed by atoms with E-state index in [4.69, 9.17) is 5.73 Å². The summed E-state index contributed by atoms with van der Waals surface area (Å²) in [5.41, 5.74) is 5.87. The second kappa shape index (κ2) is 7.74. The second-order valence-electron chi connectivity index (χ2n) is 4.40. The van der Waals surface area contributed by atoms with Gasteiger partial charge in [-0.25, -0.2) is 4.39 Å². The normalized spacial score (nSPS) is 12.2. The van der Waals surface area contributed by atoms with Crippen LogP contribution in [0.4, 0.5) is 10.1 Å². The Labute approximate surface area is 113 Å². The molecule has 1 unspecified atom stereocenters. The van der Waals surface area contributed by atoms with E-state index in [1.54, 1.807) is 18.2 Å². The first-order valence-corrected chi connectivity index (χ1v) is 6.62. The number of para-hydroxylation sites is 1. The molecule has 0 saturated heterocycles. The molecule has 0 aliphatic heterocycles. The van der Waals surface area contributed by atoms with Gasteiger partial charge in [-0.2, -0.15) is 0 Å². The molecular formula is C14H22FN3O. The zero-order chi connectivity index (χ0) is 14.3. The molecule has 1 rings (SSSR count). The molecule has 1 aromatic carbocycles. The lowest BCUT2D eigenvalue weighted by Gasteiger charge is -2.27. The lowest BCUT2D eigenvalue weighted by atomic mass is 10.2. The van der Waals surface area contributed by atoms with Crippen molar-refractivity contribution >= 4 is 11.6 Å². The molecule has 0 heterocycles. The van der Waals surface area contributed by atoms with Gasteiger partial charge in [0.05, 0.1) is 5.69 Å². The number of nitrogens with zero attached hydrogens (tertiary/aromatic N) is 1. The lowest BCUT2D eigenvalue weighted by Crippen LogP contribution is -2.49. The van der Waals surface area contributed by atoms with Crippen molar-refractivity contribution in [1.29, 1.82) is 0 Å². The van der Waals surface area contributed by atoms with E-state index in [9.17, 15) is 9.18 Å². The van der Waals surface area contributed by atoms with Crippen LogP contribution in [0.5, 0.6) is 0 Å². The average molecular weight is 267 g/mol. The van der Waals surface area contributed by atoms with Crippen LogP contribution in [0.1, 0.15) is 20.3 Å². The number of hydrogen-bond donors (Lipinski definition) is 2. The van der Waals surface area contributed by atoms with Crippen molar-refractivity contribution in [3.8, 4) is 0 Å². The van der Waals surface area contributed by atoms with Gasteiger partial charge in [-0.1, -0.05) is 19.1 Å². The largest absolute Gasteiger partial charge is 0.368 e. The van der Waals surface area contributed by atoms with Crippen molar-refractivity contribution in [3.05, 3.63) is 30.1 Å². The first kappa shape index (κ1) is 15.4. The van der Waals surface area contributed by atoms with E-state index in [0.717, 1.165) is 6.42 Å². The number of carbonyl (C=O) groups excluding carboxylic acids is 1. The Kier molecular flexibility index (Phi) is 6.29. The number of rotatable bonds is 8. The van der Waals surface area contributed by atoms with Gasteiger partial charge < -0.3 is 16.0 Å². The van der Waals surface area contributed by atoms with Crippen LogP contribution in [0, 0.1) is 5.82 Å². The zero-order valence-corrected chi connectivity index (χ0v) is 11.5. The smallest absolute Gasteiger partial charge is 0.236 e. The Morgan fingerprint density at radius 3 is 2.63 bits per heavy atom. The zero-order valence-electron chi connectivity index (χ0n) is 11.5. The molecule has 0 fully saturated rings. The first-order valence-electron chi connectivity index (χ1n) is 6.62. The number of anilines is 1. The van der Waals surface area contributed by atoms with Crippen molar-refractivity contribution in [3.63, 3.8) is 0 Å². The van der Waals surface area contributed by atoms with E-state index >= 15 is 0 Å². The molecule has 1 amide bonds. The molecule has 0 aromatic heterocycles. The summed E-state index contributed by atoms with van der Waals surface area (Å²) >= 11 is 0. The standard InChI is InChI=1S/C14H22FN3O/c1-3-9-17-12(14(16)19)10-18(4-2)13-8-6-5-7-11(13)15/h5-8,12,17H,3-4,9-10H2,1-2H3,(H2,16,19). The second-order valence-corrected chi connectivity index (χ2v) is 4.40. The van der Waals surface area contributed by atoms with Crippen molar-refractivity contribution in [2.75, 3.05) is 24.5 Å². The minimum atomic E-state index is -0.473. The van der Waals surface area contributed by atoms with Crippen LogP contribution in [0.3, 0.4) is 0 Å². The molecule has 3 N–H and O–H groups in total. The molecule has 4 nitrogen and oxygen atoms in total. The van der Waals surface area contributed by atoms with Crippen molar-refractivity contribution in [2.45, 2.75) is 26.3 Å². The number of likely N-dealkylation sites (N-methyl/N-ethyl adjacent to an activating group) is 1. The van der Waals surface area contributed by atoms with E-state index in [1.165, 1.54) is 6.07 Å². The van der Waals surface area contributed by atoms with Crippen molar-refractivity contribution in [1.82, 2.24) is 5.32 Å². The number of carbonyl (C=O) groups is 1. The van der Waals surface area contributed by atoms with Crippen LogP contribution < -0.4 is 16.0 Å². The van der Waals surface area contributed by atoms with Gasteiger partial charge in [0.1, 0.15) is 11.9 Å². The fourth-order valence-corrected chi connectivity index (χ4v) is 1.90. The van der Waals surface area contributed by atoms with Crippen molar-refractivity contribution in [2.24, 2.45) is 5.73 Å². The van der Waals surface area contributed by atoms with Gasteiger partial charge in [0, 0.05) is 13.1 Å². The van der Waals surface area contributed by atoms with Gasteiger partial charge >= 0.3 is 0 Å². The molecule has 0 spiro atoms. The summed E-state index contributed by atoms with van der Waals surface area (Å²) in [5, 5.41) is 3.08. The maximum Gasteiger partial charge on any atom is 0.236 e. The number of hydrogen-bond acceptors (Lipinski definition) is 3. The SMILES string of the molecule is CCCNC(CN(CC)c1ccccc1F)C(N)=O. The maximum absolute atomic E-state index is 13.8. The summed E-state index contributed by atoms with van der Waals surface area (Å²) in [6.45, 7) is 5.62. The molecule has 1 aromatic rings. The average Bonchev–Trinajstić information content (AvgIpc) is 2.40. The minimum absolute atomic E-state index is 0.289. The van der Waals surface area contributed by atoms with Gasteiger partial charge in [-0.15, -0.1) is 0 Å². The van der Waals surface area contributed by atoms with E-state index in [0.29, 0.717) is 25.3 Å². The summed E-state index contributed by atoms with van der Waals surface area (Å²) in [4.78, 5) is 13.2. The summed E-state index contributed by atoms with van der Waals surface area (Å²) in [6, 6.07) is 6.07. The van der Waals surface area contributed by atoms with Gasteiger partial charge in [-0.3, -0.25) is 4.79 Å². The highest BCUT2D eigenvalue weighted by Gasteiger charge is 2.19. The van der Waals surface area contributed by atoms with Gasteiger partial charge in [0.2, 0.25) is 5.91 Å². The molecule has 0 aliphatic rings. The molecule has 0 radical (unpaired) electrons. The van der Waals surface area contributed by atoms with Gasteiger partial charge in [0.15, 0.2) is 0 Å². The number of halogens is 1. The predicted octanol–water partition coefficient (Wildman–Crippen LogP) is 1.51. The third kappa shape index (κ3) is 4.52. The number of primary amides is 1. The Morgan fingerprint density at radius 2 is 2.11 bits per heavy atom. The summed E-state index contributed by atoms with van der Waals surface area (Å²) < 4.78 is 13.8. The van der Waals surface area contributed by atoms with E-state index < -0.39 is 11.9 Å². The van der Waals surface area contributed by atoms with Crippen LogP contribution in [-0.2, 0) is 4.79 Å². The van der Waals surface area contributed by atoms with Crippen molar-refractivity contribution < 1.29 is 9.18 Å². The Morgan fingerprint density at radius 1 is 1.42 bits per heavy atom. The van der Waals surface area contributed by atoms with Crippen LogP contribution in [0.15, 0.2) is 24.3 Å². The van der Waals surface area contributed by atoms with Crippen LogP contribution in [0.2, 0.25) is 0 Å². The molecule has 0 saturated carbocycles. The molecule has 106 valence electrons. The van der Waals surface area contributed by atoms with Gasteiger partial charge in [0.25, 0.3) is 0 Å². The third-order valence-electron chi connectivity index (χ3n) is 2.96. The highest BCUT2D eigenvalue weighted by atomic mass is 19.1. The molecule has 19 heavy (non-hydrogen) atoms. The summed E-state index contributed by atoms with van der Waals surface area (Å²) in [5.74, 6) is -0.702. The monoisotopic (exact) mass is 267 g/mol. The van der Waals surface area contributed by atoms with Crippen LogP contribution in [0.25, 0.3) is 0 Å². The highest BCUT2D eigenvalue weighted by Crippen LogP contribution is 2.18. The number of nitrogens with one attached hydrogen (secondary N) is 1. The molecular weight excluding hydrogens is 245 g/mol. The fourth-order valence-electron chi connectivity index (χ4n) is 1.90. The molecule has 1 atom stereocenters. The summed E-state index contributed by atoms with van der Waals surface area (Å²) in [6.07, 6.45) is 0.912. The van der Waals surface area contributed by atoms with Gasteiger partial charge in [-0.05, 0) is 32.0 Å². The van der Waals surface area contributed by atoms with E-state index in [1.807, 2.05) is 18.7 Å². The molecule has 0 aliphatic carbocycles. The first-order chi connectivity index (χ1) is 9.10. The number of amides is 1. The maximum atomic E-state index is 13.8. The topological polar surface area (TPSA) is 58.4 Å². The Hall–Kier alpha value is -1.62. The van der Waals surface area contributed by atoms with E-state index in [2.05, 4.69) is 5.32 Å². The predicted molar refractivity (Wildman–Crippen MR) is 75.6 cm³/mol. The fraction of sp³-hybridized carbons (Fsp3) is 0.500. The Bertz CT molecular complexity index is 411. The Balaban J connectivity index is 2.79. The van der Waals surface area contributed by atoms with E-state index in [-0.39, 0.29) is 5.82 Å². The minimum Gasteiger partial charge on any atom is -0.368 e. The lowest BCUT2D eigenvalue weighted by molar-refractivity contribution is -0.119. The third-order valence-corrected chi connectivity index (χ3v) is 2.96. The quantitative estimate of drug-likeness (QED) is 0.750. The highest BCUT2D eigenvalue weighted by molar-refractivity contribution is 5.80. The molecule has 0 bridgehead atoms. The number of benzene rings is 1. The van der Waals surface area contributed by atoms with Crippen LogP contribution in [-0.4, -0.2) is 31.6 Å². The molecule has 5 heteroatoms. The number of nitrogens with two attached hydrogens (primary N) is 1. The summed E-state index contributed by atoms with van der Waals surface area (Å²) in [7, 11) is 0.